The van der Waals surface area contributed by atoms with Gasteiger partial charge in [-0.05, 0) is 44.0 Å². The van der Waals surface area contributed by atoms with Gasteiger partial charge in [0, 0.05) is 30.1 Å². The summed E-state index contributed by atoms with van der Waals surface area (Å²) in [6.45, 7) is 5.92. The Morgan fingerprint density at radius 2 is 2.12 bits per heavy atom. The van der Waals surface area contributed by atoms with Crippen LogP contribution in [0.2, 0.25) is 0 Å². The smallest absolute Gasteiger partial charge is 0.227 e. The molecule has 1 aliphatic heterocycles. The third-order valence-corrected chi connectivity index (χ3v) is 4.85. The number of nitrogens with zero attached hydrogens (tertiary/aromatic N) is 1. The maximum absolute atomic E-state index is 12.6. The van der Waals surface area contributed by atoms with E-state index in [9.17, 15) is 4.79 Å². The molecule has 138 valence electrons. The Labute approximate surface area is 155 Å². The van der Waals surface area contributed by atoms with Crippen LogP contribution in [0.25, 0.3) is 11.0 Å². The number of hydrogen-bond donors (Lipinski definition) is 1. The van der Waals surface area contributed by atoms with Gasteiger partial charge < -0.3 is 19.4 Å². The molecule has 6 heteroatoms. The molecule has 1 saturated heterocycles. The number of halogens is 1. The fourth-order valence-corrected chi connectivity index (χ4v) is 3.34. The predicted molar refractivity (Wildman–Crippen MR) is 102 cm³/mol. The molecule has 2 heterocycles. The first-order valence-corrected chi connectivity index (χ1v) is 8.74. The maximum Gasteiger partial charge on any atom is 0.227 e. The second kappa shape index (κ2) is 9.11. The highest BCUT2D eigenvalue weighted by atomic mass is 35.5. The number of likely N-dealkylation sites (tertiary alicyclic amines) is 1. The van der Waals surface area contributed by atoms with E-state index >= 15 is 0 Å². The molecule has 2 aromatic rings. The summed E-state index contributed by atoms with van der Waals surface area (Å²) in [4.78, 5) is 14.6. The molecule has 0 aliphatic carbocycles. The van der Waals surface area contributed by atoms with Gasteiger partial charge in [-0.2, -0.15) is 0 Å². The van der Waals surface area contributed by atoms with E-state index < -0.39 is 0 Å². The molecule has 1 N–H and O–H groups in total. The van der Waals surface area contributed by atoms with E-state index in [0.717, 1.165) is 61.3 Å². The number of amides is 1. The highest BCUT2D eigenvalue weighted by Crippen LogP contribution is 2.26. The van der Waals surface area contributed by atoms with E-state index in [4.69, 9.17) is 9.15 Å². The lowest BCUT2D eigenvalue weighted by Gasteiger charge is -2.32. The largest absolute Gasteiger partial charge is 0.497 e. The number of piperidine rings is 1. The van der Waals surface area contributed by atoms with Crippen LogP contribution in [0.1, 0.15) is 25.3 Å². The number of hydrogen-bond acceptors (Lipinski definition) is 4. The SMILES string of the molecule is CCNCC1CCN(C(=O)Cc2coc3cc(OC)ccc23)CC1.Cl. The Hall–Kier alpha value is -1.72. The summed E-state index contributed by atoms with van der Waals surface area (Å²) in [5.74, 6) is 1.64. The van der Waals surface area contributed by atoms with Crippen LogP contribution in [0.4, 0.5) is 0 Å². The van der Waals surface area contributed by atoms with Crippen molar-refractivity contribution in [2.75, 3.05) is 33.3 Å². The topological polar surface area (TPSA) is 54.7 Å². The first-order chi connectivity index (χ1) is 11.7. The monoisotopic (exact) mass is 366 g/mol. The van der Waals surface area contributed by atoms with Gasteiger partial charge in [-0.25, -0.2) is 0 Å². The second-order valence-electron chi connectivity index (χ2n) is 6.43. The Balaban J connectivity index is 0.00000225. The van der Waals surface area contributed by atoms with Crippen molar-refractivity contribution >= 4 is 29.3 Å². The molecule has 1 fully saturated rings. The van der Waals surface area contributed by atoms with Crippen LogP contribution in [0.3, 0.4) is 0 Å². The molecule has 0 radical (unpaired) electrons. The van der Waals surface area contributed by atoms with E-state index in [1.54, 1.807) is 13.4 Å². The van der Waals surface area contributed by atoms with Crippen LogP contribution in [0.5, 0.6) is 5.75 Å². The fourth-order valence-electron chi connectivity index (χ4n) is 3.34. The Bertz CT molecular complexity index is 693. The van der Waals surface area contributed by atoms with Crippen LogP contribution in [0, 0.1) is 5.92 Å². The summed E-state index contributed by atoms with van der Waals surface area (Å²) in [5.41, 5.74) is 1.72. The average molecular weight is 367 g/mol. The van der Waals surface area contributed by atoms with Gasteiger partial charge in [0.15, 0.2) is 0 Å². The summed E-state index contributed by atoms with van der Waals surface area (Å²) in [5, 5.41) is 4.39. The zero-order valence-corrected chi connectivity index (χ0v) is 15.7. The van der Waals surface area contributed by atoms with Gasteiger partial charge in [0.05, 0.1) is 19.8 Å². The molecule has 0 atom stereocenters. The molecule has 1 amide bonds. The molecule has 3 rings (SSSR count). The van der Waals surface area contributed by atoms with Gasteiger partial charge in [0.25, 0.3) is 0 Å². The van der Waals surface area contributed by atoms with Crippen molar-refractivity contribution in [1.82, 2.24) is 10.2 Å². The van der Waals surface area contributed by atoms with E-state index in [1.807, 2.05) is 23.1 Å². The Kier molecular flexibility index (Phi) is 7.14. The van der Waals surface area contributed by atoms with Gasteiger partial charge in [-0.15, -0.1) is 12.4 Å². The van der Waals surface area contributed by atoms with Crippen LogP contribution < -0.4 is 10.1 Å². The number of carbonyl (C=O) groups is 1. The number of fused-ring (bicyclic) bond motifs is 1. The average Bonchev–Trinajstić information content (AvgIpc) is 3.02. The molecule has 0 spiro atoms. The number of nitrogens with one attached hydrogen (secondary N) is 1. The van der Waals surface area contributed by atoms with Crippen LogP contribution in [0.15, 0.2) is 28.9 Å². The molecule has 0 saturated carbocycles. The number of benzene rings is 1. The number of rotatable bonds is 6. The lowest BCUT2D eigenvalue weighted by atomic mass is 9.96. The predicted octanol–water partition coefficient (Wildman–Crippen LogP) is 3.25. The standard InChI is InChI=1S/C19H26N2O3.ClH/c1-3-20-12-14-6-8-21(9-7-14)19(22)10-15-13-24-18-11-16(23-2)4-5-17(15)18;/h4-5,11,13-14,20H,3,6-10,12H2,1-2H3;1H. The fraction of sp³-hybridized carbons (Fsp3) is 0.526. The van der Waals surface area contributed by atoms with Crippen LogP contribution in [-0.4, -0.2) is 44.1 Å². The van der Waals surface area contributed by atoms with Crippen molar-refractivity contribution in [1.29, 1.82) is 0 Å². The minimum atomic E-state index is 0. The quantitative estimate of drug-likeness (QED) is 0.852. The van der Waals surface area contributed by atoms with Crippen molar-refractivity contribution < 1.29 is 13.9 Å². The summed E-state index contributed by atoms with van der Waals surface area (Å²) in [6, 6.07) is 5.72. The van der Waals surface area contributed by atoms with Gasteiger partial charge >= 0.3 is 0 Å². The number of methoxy groups -OCH3 is 1. The minimum absolute atomic E-state index is 0. The highest BCUT2D eigenvalue weighted by molar-refractivity contribution is 5.88. The minimum Gasteiger partial charge on any atom is -0.497 e. The molecule has 0 bridgehead atoms. The molecule has 25 heavy (non-hydrogen) atoms. The van der Waals surface area contributed by atoms with Crippen molar-refractivity contribution in [2.45, 2.75) is 26.2 Å². The Morgan fingerprint density at radius 1 is 1.36 bits per heavy atom. The summed E-state index contributed by atoms with van der Waals surface area (Å²) in [6.07, 6.45) is 4.27. The zero-order valence-electron chi connectivity index (χ0n) is 14.9. The van der Waals surface area contributed by atoms with Crippen molar-refractivity contribution in [3.8, 4) is 5.75 Å². The molecule has 0 unspecified atom stereocenters. The molecular weight excluding hydrogens is 340 g/mol. The first kappa shape index (κ1) is 19.6. The van der Waals surface area contributed by atoms with Crippen LogP contribution >= 0.6 is 12.4 Å². The number of furan rings is 1. The van der Waals surface area contributed by atoms with Gasteiger partial charge in [-0.3, -0.25) is 4.79 Å². The first-order valence-electron chi connectivity index (χ1n) is 8.74. The van der Waals surface area contributed by atoms with Gasteiger partial charge in [-0.1, -0.05) is 6.92 Å². The summed E-state index contributed by atoms with van der Waals surface area (Å²) < 4.78 is 10.8. The summed E-state index contributed by atoms with van der Waals surface area (Å²) in [7, 11) is 1.63. The van der Waals surface area contributed by atoms with Gasteiger partial charge in [0.1, 0.15) is 11.3 Å². The van der Waals surface area contributed by atoms with E-state index in [1.165, 1.54) is 0 Å². The van der Waals surface area contributed by atoms with E-state index in [0.29, 0.717) is 12.3 Å². The number of carbonyl (C=O) groups excluding carboxylic acids is 1. The van der Waals surface area contributed by atoms with Crippen molar-refractivity contribution in [3.05, 3.63) is 30.0 Å². The molecular formula is C19H27ClN2O3. The summed E-state index contributed by atoms with van der Waals surface area (Å²) >= 11 is 0. The van der Waals surface area contributed by atoms with E-state index in [-0.39, 0.29) is 18.3 Å². The zero-order chi connectivity index (χ0) is 16.9. The molecule has 1 aromatic heterocycles. The van der Waals surface area contributed by atoms with Gasteiger partial charge in [0.2, 0.25) is 5.91 Å². The van der Waals surface area contributed by atoms with Crippen LogP contribution in [-0.2, 0) is 11.2 Å². The Morgan fingerprint density at radius 3 is 2.80 bits per heavy atom. The second-order valence-corrected chi connectivity index (χ2v) is 6.43. The third kappa shape index (κ3) is 4.67. The highest BCUT2D eigenvalue weighted by Gasteiger charge is 2.23. The molecule has 1 aromatic carbocycles. The maximum atomic E-state index is 12.6. The molecule has 5 nitrogen and oxygen atoms in total. The van der Waals surface area contributed by atoms with Crippen molar-refractivity contribution in [3.63, 3.8) is 0 Å². The lowest BCUT2D eigenvalue weighted by Crippen LogP contribution is -2.41. The molecule has 1 aliphatic rings. The third-order valence-electron chi connectivity index (χ3n) is 4.85. The normalized spacial score (nSPS) is 15.2. The van der Waals surface area contributed by atoms with E-state index in [2.05, 4.69) is 12.2 Å². The lowest BCUT2D eigenvalue weighted by molar-refractivity contribution is -0.131. The van der Waals surface area contributed by atoms with Crippen molar-refractivity contribution in [2.24, 2.45) is 5.92 Å². The number of ether oxygens (including phenoxy) is 1.